The van der Waals surface area contributed by atoms with Crippen molar-refractivity contribution >= 4 is 0 Å². The molecular formula is C9H4F5N3. The standard InChI is InChI=1S/C9H4F5N3/c10-5-3-6(11)8(15-4-5)7-1-2-17(16-7)9(12,13)14/h1-4H. The summed E-state index contributed by atoms with van der Waals surface area (Å²) in [6.45, 7) is 0. The van der Waals surface area contributed by atoms with E-state index < -0.39 is 23.6 Å². The number of hydrogen-bond donors (Lipinski definition) is 0. The summed E-state index contributed by atoms with van der Waals surface area (Å²) in [6.07, 6.45) is -3.36. The van der Waals surface area contributed by atoms with Gasteiger partial charge >= 0.3 is 6.30 Å². The largest absolute Gasteiger partial charge is 0.504 e. The maximum atomic E-state index is 13.2. The second-order valence-electron chi connectivity index (χ2n) is 3.10. The summed E-state index contributed by atoms with van der Waals surface area (Å²) in [5, 5.41) is 3.11. The molecule has 90 valence electrons. The molecular weight excluding hydrogens is 245 g/mol. The molecule has 0 spiro atoms. The second kappa shape index (κ2) is 3.79. The Morgan fingerprint density at radius 3 is 2.41 bits per heavy atom. The highest BCUT2D eigenvalue weighted by atomic mass is 19.4. The lowest BCUT2D eigenvalue weighted by atomic mass is 10.2. The Labute approximate surface area is 91.5 Å². The predicted octanol–water partition coefficient (Wildman–Crippen LogP) is 2.70. The molecule has 0 saturated carbocycles. The maximum Gasteiger partial charge on any atom is 0.504 e. The van der Waals surface area contributed by atoms with Crippen molar-refractivity contribution in [2.45, 2.75) is 6.30 Å². The van der Waals surface area contributed by atoms with Gasteiger partial charge in [-0.1, -0.05) is 0 Å². The third-order valence-electron chi connectivity index (χ3n) is 1.90. The number of nitrogens with zero attached hydrogens (tertiary/aromatic N) is 3. The van der Waals surface area contributed by atoms with Gasteiger partial charge in [0.2, 0.25) is 0 Å². The third-order valence-corrected chi connectivity index (χ3v) is 1.90. The lowest BCUT2D eigenvalue weighted by molar-refractivity contribution is -0.212. The van der Waals surface area contributed by atoms with Crippen LogP contribution in [0.1, 0.15) is 0 Å². The van der Waals surface area contributed by atoms with Gasteiger partial charge in [0.05, 0.1) is 6.20 Å². The molecule has 0 atom stereocenters. The molecule has 0 aliphatic carbocycles. The molecule has 8 heteroatoms. The highest BCUT2D eigenvalue weighted by Gasteiger charge is 2.32. The van der Waals surface area contributed by atoms with Gasteiger partial charge in [-0.3, -0.25) is 0 Å². The first-order valence-electron chi connectivity index (χ1n) is 4.32. The second-order valence-corrected chi connectivity index (χ2v) is 3.10. The van der Waals surface area contributed by atoms with E-state index in [4.69, 9.17) is 0 Å². The summed E-state index contributed by atoms with van der Waals surface area (Å²) in [6, 6.07) is 1.46. The van der Waals surface area contributed by atoms with Crippen LogP contribution in [0.25, 0.3) is 11.4 Å². The topological polar surface area (TPSA) is 30.7 Å². The van der Waals surface area contributed by atoms with Crippen LogP contribution >= 0.6 is 0 Å². The van der Waals surface area contributed by atoms with E-state index in [1.165, 1.54) is 0 Å². The van der Waals surface area contributed by atoms with Crippen molar-refractivity contribution in [3.63, 3.8) is 0 Å². The van der Waals surface area contributed by atoms with Gasteiger partial charge in [0.15, 0.2) is 5.82 Å². The molecule has 0 N–H and O–H groups in total. The maximum absolute atomic E-state index is 13.2. The molecule has 0 unspecified atom stereocenters. The minimum Gasteiger partial charge on any atom is -0.248 e. The van der Waals surface area contributed by atoms with Crippen LogP contribution in [0.15, 0.2) is 24.5 Å². The molecule has 0 saturated heterocycles. The average Bonchev–Trinajstić information content (AvgIpc) is 2.65. The van der Waals surface area contributed by atoms with Crippen LogP contribution in [0, 0.1) is 11.6 Å². The molecule has 3 nitrogen and oxygen atoms in total. The summed E-state index contributed by atoms with van der Waals surface area (Å²) in [5.41, 5.74) is -0.755. The quantitative estimate of drug-likeness (QED) is 0.727. The number of halogens is 5. The fraction of sp³-hybridized carbons (Fsp3) is 0.111. The predicted molar refractivity (Wildman–Crippen MR) is 46.7 cm³/mol. The lowest BCUT2D eigenvalue weighted by Crippen LogP contribution is -2.17. The fourth-order valence-corrected chi connectivity index (χ4v) is 1.19. The Hall–Kier alpha value is -1.99. The Bertz CT molecular complexity index is 546. The Morgan fingerprint density at radius 1 is 1.18 bits per heavy atom. The zero-order valence-corrected chi connectivity index (χ0v) is 8.04. The van der Waals surface area contributed by atoms with Gasteiger partial charge in [-0.05, 0) is 6.07 Å². The normalized spacial score (nSPS) is 11.8. The Morgan fingerprint density at radius 2 is 1.88 bits per heavy atom. The minimum atomic E-state index is -4.69. The molecule has 0 radical (unpaired) electrons. The molecule has 0 aliphatic rings. The summed E-state index contributed by atoms with van der Waals surface area (Å²) in [7, 11) is 0. The van der Waals surface area contributed by atoms with Gasteiger partial charge in [0.25, 0.3) is 0 Å². The van der Waals surface area contributed by atoms with E-state index in [1.807, 2.05) is 0 Å². The molecule has 2 aromatic heterocycles. The monoisotopic (exact) mass is 249 g/mol. The first-order chi connectivity index (χ1) is 7.88. The molecule has 2 heterocycles. The van der Waals surface area contributed by atoms with E-state index in [0.29, 0.717) is 18.5 Å². The van der Waals surface area contributed by atoms with Gasteiger partial charge in [-0.25, -0.2) is 13.8 Å². The summed E-state index contributed by atoms with van der Waals surface area (Å²) >= 11 is 0. The number of alkyl halides is 3. The lowest BCUT2D eigenvalue weighted by Gasteiger charge is -2.04. The first-order valence-corrected chi connectivity index (χ1v) is 4.32. The van der Waals surface area contributed by atoms with E-state index in [-0.39, 0.29) is 10.4 Å². The van der Waals surface area contributed by atoms with Crippen molar-refractivity contribution in [2.75, 3.05) is 0 Å². The van der Waals surface area contributed by atoms with Crippen LogP contribution in [-0.2, 0) is 6.30 Å². The molecule has 0 fully saturated rings. The van der Waals surface area contributed by atoms with E-state index in [0.717, 1.165) is 6.07 Å². The summed E-state index contributed by atoms with van der Waals surface area (Å²) in [4.78, 5) is 3.35. The van der Waals surface area contributed by atoms with Crippen molar-refractivity contribution in [3.8, 4) is 11.4 Å². The molecule has 0 amide bonds. The van der Waals surface area contributed by atoms with Crippen LogP contribution in [0.3, 0.4) is 0 Å². The molecule has 0 aromatic carbocycles. The van der Waals surface area contributed by atoms with Crippen molar-refractivity contribution in [1.29, 1.82) is 0 Å². The first kappa shape index (κ1) is 11.5. The van der Waals surface area contributed by atoms with Crippen LogP contribution in [0.2, 0.25) is 0 Å². The highest BCUT2D eigenvalue weighted by molar-refractivity contribution is 5.53. The van der Waals surface area contributed by atoms with E-state index in [2.05, 4.69) is 10.1 Å². The molecule has 17 heavy (non-hydrogen) atoms. The van der Waals surface area contributed by atoms with E-state index in [9.17, 15) is 22.0 Å². The van der Waals surface area contributed by atoms with Crippen LogP contribution in [0.4, 0.5) is 22.0 Å². The number of aromatic nitrogens is 3. The van der Waals surface area contributed by atoms with Crippen molar-refractivity contribution < 1.29 is 22.0 Å². The Kier molecular flexibility index (Phi) is 2.56. The van der Waals surface area contributed by atoms with Crippen LogP contribution in [-0.4, -0.2) is 14.8 Å². The van der Waals surface area contributed by atoms with Gasteiger partial charge in [0.1, 0.15) is 17.2 Å². The average molecular weight is 249 g/mol. The zero-order chi connectivity index (χ0) is 12.6. The summed E-state index contributed by atoms with van der Waals surface area (Å²) in [5.74, 6) is -1.99. The van der Waals surface area contributed by atoms with E-state index in [1.54, 1.807) is 0 Å². The van der Waals surface area contributed by atoms with Crippen LogP contribution < -0.4 is 0 Å². The van der Waals surface area contributed by atoms with Gasteiger partial charge < -0.3 is 0 Å². The van der Waals surface area contributed by atoms with Crippen molar-refractivity contribution in [3.05, 3.63) is 36.2 Å². The number of pyridine rings is 1. The van der Waals surface area contributed by atoms with Gasteiger partial charge in [-0.15, -0.1) is 13.2 Å². The minimum absolute atomic E-state index is 0.285. The molecule has 2 rings (SSSR count). The number of hydrogen-bond acceptors (Lipinski definition) is 2. The smallest absolute Gasteiger partial charge is 0.248 e. The fourth-order valence-electron chi connectivity index (χ4n) is 1.19. The molecule has 0 bridgehead atoms. The van der Waals surface area contributed by atoms with Gasteiger partial charge in [0, 0.05) is 12.3 Å². The molecule has 2 aromatic rings. The summed E-state index contributed by atoms with van der Waals surface area (Å²) < 4.78 is 62.1. The van der Waals surface area contributed by atoms with Crippen LogP contribution in [0.5, 0.6) is 0 Å². The number of rotatable bonds is 1. The van der Waals surface area contributed by atoms with Crippen molar-refractivity contribution in [2.24, 2.45) is 0 Å². The molecule has 0 aliphatic heterocycles. The SMILES string of the molecule is Fc1cnc(-c2ccn(C(F)(F)F)n2)c(F)c1. The third kappa shape index (κ3) is 2.24. The van der Waals surface area contributed by atoms with E-state index >= 15 is 0 Å². The van der Waals surface area contributed by atoms with Gasteiger partial charge in [-0.2, -0.15) is 9.78 Å². The van der Waals surface area contributed by atoms with Crippen molar-refractivity contribution in [1.82, 2.24) is 14.8 Å². The Balaban J connectivity index is 2.44. The zero-order valence-electron chi connectivity index (χ0n) is 8.04. The highest BCUT2D eigenvalue weighted by Crippen LogP contribution is 2.24.